The minimum atomic E-state index is 0.0579. The summed E-state index contributed by atoms with van der Waals surface area (Å²) in [5.74, 6) is 1.32. The van der Waals surface area contributed by atoms with Gasteiger partial charge in [-0.1, -0.05) is 18.2 Å². The Hall–Kier alpha value is -2.01. The fraction of sp³-hybridized carbons (Fsp3) is 0.421. The van der Waals surface area contributed by atoms with Crippen LogP contribution in [-0.2, 0) is 6.42 Å². The molecule has 0 unspecified atom stereocenters. The van der Waals surface area contributed by atoms with Crippen molar-refractivity contribution in [2.24, 2.45) is 5.92 Å². The predicted octanol–water partition coefficient (Wildman–Crippen LogP) is 3.85. The van der Waals surface area contributed by atoms with Crippen molar-refractivity contribution in [2.75, 3.05) is 19.7 Å². The highest BCUT2D eigenvalue weighted by Gasteiger charge is 2.30. The molecule has 3 heterocycles. The molecule has 0 aliphatic carbocycles. The lowest BCUT2D eigenvalue weighted by molar-refractivity contribution is 0.182. The van der Waals surface area contributed by atoms with Crippen LogP contribution in [0.15, 0.2) is 41.1 Å². The van der Waals surface area contributed by atoms with Crippen LogP contribution in [-0.4, -0.2) is 30.6 Å². The zero-order valence-corrected chi connectivity index (χ0v) is 14.4. The minimum absolute atomic E-state index is 0.0579. The molecule has 4 rings (SSSR count). The number of nitrogens with zero attached hydrogens (tertiary/aromatic N) is 1. The Morgan fingerprint density at radius 1 is 1.33 bits per heavy atom. The summed E-state index contributed by atoms with van der Waals surface area (Å²) in [4.78, 5) is 14.6. The van der Waals surface area contributed by atoms with Crippen LogP contribution in [0.3, 0.4) is 0 Å². The zero-order valence-electron chi connectivity index (χ0n) is 13.6. The van der Waals surface area contributed by atoms with Crippen molar-refractivity contribution >= 4 is 17.4 Å². The number of rotatable bonds is 3. The van der Waals surface area contributed by atoms with E-state index in [1.54, 1.807) is 11.3 Å². The van der Waals surface area contributed by atoms with Crippen LogP contribution >= 0.6 is 11.3 Å². The number of hydrogen-bond acceptors (Lipinski definition) is 3. The number of hydrogen-bond donors (Lipinski definition) is 1. The van der Waals surface area contributed by atoms with Crippen LogP contribution in [0.1, 0.15) is 30.0 Å². The molecule has 2 aromatic rings. The Morgan fingerprint density at radius 3 is 3.12 bits per heavy atom. The van der Waals surface area contributed by atoms with Gasteiger partial charge in [0.1, 0.15) is 5.75 Å². The van der Waals surface area contributed by atoms with E-state index in [4.69, 9.17) is 4.74 Å². The van der Waals surface area contributed by atoms with Crippen LogP contribution in [0.25, 0.3) is 0 Å². The van der Waals surface area contributed by atoms with E-state index in [0.29, 0.717) is 19.1 Å². The molecule has 1 saturated heterocycles. The van der Waals surface area contributed by atoms with Crippen molar-refractivity contribution in [2.45, 2.75) is 25.3 Å². The molecule has 2 aliphatic rings. The molecular formula is C19H22N2O2S. The average Bonchev–Trinajstić information content (AvgIpc) is 3.30. The van der Waals surface area contributed by atoms with Gasteiger partial charge in [0, 0.05) is 19.0 Å². The van der Waals surface area contributed by atoms with Crippen molar-refractivity contribution in [1.82, 2.24) is 10.2 Å². The minimum Gasteiger partial charge on any atom is -0.493 e. The highest BCUT2D eigenvalue weighted by atomic mass is 32.1. The number of amides is 2. The van der Waals surface area contributed by atoms with E-state index in [-0.39, 0.29) is 12.1 Å². The van der Waals surface area contributed by atoms with Crippen LogP contribution in [0.4, 0.5) is 4.79 Å². The Labute approximate surface area is 146 Å². The van der Waals surface area contributed by atoms with Gasteiger partial charge in [0.05, 0.1) is 12.6 Å². The van der Waals surface area contributed by atoms with Crippen molar-refractivity contribution in [3.05, 3.63) is 52.2 Å². The molecule has 1 aromatic carbocycles. The van der Waals surface area contributed by atoms with E-state index in [1.807, 2.05) is 23.1 Å². The first kappa shape index (κ1) is 15.5. The third-order valence-electron chi connectivity index (χ3n) is 4.94. The number of urea groups is 1. The Balaban J connectivity index is 1.34. The average molecular weight is 342 g/mol. The molecule has 1 N–H and O–H groups in total. The summed E-state index contributed by atoms with van der Waals surface area (Å²) < 4.78 is 5.81. The van der Waals surface area contributed by atoms with E-state index < -0.39 is 0 Å². The highest BCUT2D eigenvalue weighted by Crippen LogP contribution is 2.33. The number of thiophene rings is 1. The molecule has 5 heteroatoms. The largest absolute Gasteiger partial charge is 0.493 e. The molecular weight excluding hydrogens is 320 g/mol. The lowest BCUT2D eigenvalue weighted by Gasteiger charge is -2.28. The van der Waals surface area contributed by atoms with Crippen molar-refractivity contribution in [3.63, 3.8) is 0 Å². The summed E-state index contributed by atoms with van der Waals surface area (Å²) in [7, 11) is 0. The first-order valence-corrected chi connectivity index (χ1v) is 9.53. The maximum atomic E-state index is 12.6. The number of nitrogens with one attached hydrogen (secondary N) is 1. The molecule has 1 aromatic heterocycles. The van der Waals surface area contributed by atoms with Gasteiger partial charge in [-0.2, -0.15) is 11.3 Å². The fourth-order valence-corrected chi connectivity index (χ4v) is 4.38. The lowest BCUT2D eigenvalue weighted by Crippen LogP contribution is -2.43. The van der Waals surface area contributed by atoms with Gasteiger partial charge < -0.3 is 15.0 Å². The van der Waals surface area contributed by atoms with E-state index in [1.165, 1.54) is 11.1 Å². The number of carbonyl (C=O) groups is 1. The third-order valence-corrected chi connectivity index (χ3v) is 5.64. The third kappa shape index (κ3) is 3.13. The second-order valence-corrected chi connectivity index (χ2v) is 7.36. The topological polar surface area (TPSA) is 41.6 Å². The maximum Gasteiger partial charge on any atom is 0.317 e. The van der Waals surface area contributed by atoms with E-state index in [2.05, 4.69) is 28.2 Å². The molecule has 24 heavy (non-hydrogen) atoms. The van der Waals surface area contributed by atoms with Gasteiger partial charge in [-0.15, -0.1) is 0 Å². The van der Waals surface area contributed by atoms with Crippen LogP contribution in [0.2, 0.25) is 0 Å². The van der Waals surface area contributed by atoms with Gasteiger partial charge in [0.15, 0.2) is 0 Å². The smallest absolute Gasteiger partial charge is 0.317 e. The number of fused-ring (bicyclic) bond motifs is 1. The van der Waals surface area contributed by atoms with Gasteiger partial charge in [-0.25, -0.2) is 4.79 Å². The first-order valence-electron chi connectivity index (χ1n) is 8.58. The Morgan fingerprint density at radius 2 is 2.25 bits per heavy atom. The quantitative estimate of drug-likeness (QED) is 0.921. The monoisotopic (exact) mass is 342 g/mol. The summed E-state index contributed by atoms with van der Waals surface area (Å²) >= 11 is 1.69. The summed E-state index contributed by atoms with van der Waals surface area (Å²) in [6.45, 7) is 2.18. The highest BCUT2D eigenvalue weighted by molar-refractivity contribution is 7.07. The number of ether oxygens (including phenoxy) is 1. The van der Waals surface area contributed by atoms with Gasteiger partial charge >= 0.3 is 6.03 Å². The molecule has 2 atom stereocenters. The normalized spacial score (nSPS) is 22.8. The summed E-state index contributed by atoms with van der Waals surface area (Å²) in [5, 5.41) is 7.37. The molecule has 4 nitrogen and oxygen atoms in total. The van der Waals surface area contributed by atoms with Crippen molar-refractivity contribution in [3.8, 4) is 5.75 Å². The molecule has 0 saturated carbocycles. The molecule has 126 valence electrons. The summed E-state index contributed by atoms with van der Waals surface area (Å²) in [5.41, 5.74) is 2.50. The lowest BCUT2D eigenvalue weighted by atomic mass is 9.97. The zero-order chi connectivity index (χ0) is 16.4. The molecule has 0 bridgehead atoms. The van der Waals surface area contributed by atoms with E-state index >= 15 is 0 Å². The second-order valence-electron chi connectivity index (χ2n) is 6.58. The fourth-order valence-electron chi connectivity index (χ4n) is 3.68. The second kappa shape index (κ2) is 6.85. The molecule has 2 amide bonds. The molecule has 2 aliphatic heterocycles. The van der Waals surface area contributed by atoms with Gasteiger partial charge in [-0.3, -0.25) is 0 Å². The number of carbonyl (C=O) groups excluding carboxylic acids is 1. The summed E-state index contributed by atoms with van der Waals surface area (Å²) in [6, 6.07) is 10.6. The summed E-state index contributed by atoms with van der Waals surface area (Å²) in [6.07, 6.45) is 3.10. The molecule has 1 fully saturated rings. The standard InChI is InChI=1S/C19H22N2O2S/c22-19(21-8-3-5-17(21)16-7-9-24-13-16)20-11-14-10-15-4-1-2-6-18(15)23-12-14/h1-2,4,6-7,9,13-14,17H,3,5,8,10-12H2,(H,20,22)/t14-,17+/m0/s1. The SMILES string of the molecule is O=C(NC[C@H]1COc2ccccc2C1)N1CCC[C@@H]1c1ccsc1. The van der Waals surface area contributed by atoms with Crippen molar-refractivity contribution < 1.29 is 9.53 Å². The van der Waals surface area contributed by atoms with Crippen LogP contribution in [0.5, 0.6) is 5.75 Å². The Kier molecular flexibility index (Phi) is 4.43. The van der Waals surface area contributed by atoms with Crippen molar-refractivity contribution in [1.29, 1.82) is 0 Å². The van der Waals surface area contributed by atoms with E-state index in [9.17, 15) is 4.79 Å². The molecule has 0 radical (unpaired) electrons. The van der Waals surface area contributed by atoms with Gasteiger partial charge in [0.2, 0.25) is 0 Å². The maximum absolute atomic E-state index is 12.6. The molecule has 0 spiro atoms. The number of para-hydroxylation sites is 1. The predicted molar refractivity (Wildman–Crippen MR) is 95.5 cm³/mol. The van der Waals surface area contributed by atoms with Gasteiger partial charge in [-0.05, 0) is 53.3 Å². The van der Waals surface area contributed by atoms with E-state index in [0.717, 1.165) is 31.6 Å². The number of likely N-dealkylation sites (tertiary alicyclic amines) is 1. The first-order chi connectivity index (χ1) is 11.8. The Bertz CT molecular complexity index is 701. The van der Waals surface area contributed by atoms with Crippen LogP contribution < -0.4 is 10.1 Å². The van der Waals surface area contributed by atoms with Gasteiger partial charge in [0.25, 0.3) is 0 Å². The number of benzene rings is 1. The van der Waals surface area contributed by atoms with Crippen LogP contribution in [0, 0.1) is 5.92 Å².